The van der Waals surface area contributed by atoms with Crippen LogP contribution in [0.3, 0.4) is 0 Å². The van der Waals surface area contributed by atoms with Crippen molar-refractivity contribution in [2.75, 3.05) is 25.0 Å². The fourth-order valence-corrected chi connectivity index (χ4v) is 5.23. The number of nitrogens with zero attached hydrogens (tertiary/aromatic N) is 5. The van der Waals surface area contributed by atoms with Gasteiger partial charge in [0.1, 0.15) is 5.82 Å². The smallest absolute Gasteiger partial charge is 0.224 e. The van der Waals surface area contributed by atoms with Gasteiger partial charge in [-0.15, -0.1) is 0 Å². The molecule has 2 aliphatic rings. The minimum atomic E-state index is 0.415. The zero-order valence-electron chi connectivity index (χ0n) is 18.0. The molecule has 1 aliphatic carbocycles. The van der Waals surface area contributed by atoms with Crippen LogP contribution in [0, 0.1) is 17.2 Å². The second-order valence-electron chi connectivity index (χ2n) is 8.98. The molecule has 0 radical (unpaired) electrons. The Kier molecular flexibility index (Phi) is 5.86. The summed E-state index contributed by atoms with van der Waals surface area (Å²) in [4.78, 5) is 11.9. The summed E-state index contributed by atoms with van der Waals surface area (Å²) in [5.74, 6) is 2.40. The zero-order valence-corrected chi connectivity index (χ0v) is 18.0. The molecular weight excluding hydrogens is 384 g/mol. The molecule has 0 spiro atoms. The third-order valence-electron chi connectivity index (χ3n) is 6.88. The van der Waals surface area contributed by atoms with Gasteiger partial charge in [0.2, 0.25) is 5.95 Å². The molecule has 2 aromatic heterocycles. The Morgan fingerprint density at radius 3 is 2.71 bits per heavy atom. The Hall–Kier alpha value is -2.91. The molecule has 3 heterocycles. The Morgan fingerprint density at radius 1 is 1.06 bits per heavy atom. The molecule has 0 bridgehead atoms. The topological polar surface area (TPSA) is 69.8 Å². The number of benzene rings is 1. The van der Waals surface area contributed by atoms with Gasteiger partial charge in [-0.05, 0) is 81.3 Å². The van der Waals surface area contributed by atoms with Crippen LogP contribution >= 0.6 is 0 Å². The van der Waals surface area contributed by atoms with Gasteiger partial charge in [-0.25, -0.2) is 4.98 Å². The average molecular weight is 415 g/mol. The predicted molar refractivity (Wildman–Crippen MR) is 123 cm³/mol. The van der Waals surface area contributed by atoms with Crippen LogP contribution in [-0.2, 0) is 6.42 Å². The molecule has 1 saturated carbocycles. The summed E-state index contributed by atoms with van der Waals surface area (Å²) >= 11 is 0. The van der Waals surface area contributed by atoms with Crippen molar-refractivity contribution in [2.24, 2.45) is 5.92 Å². The van der Waals surface area contributed by atoms with Crippen LogP contribution < -0.4 is 5.32 Å². The molecule has 160 valence electrons. The second-order valence-corrected chi connectivity index (χ2v) is 8.98. The number of rotatable bonds is 6. The van der Waals surface area contributed by atoms with Gasteiger partial charge in [-0.2, -0.15) is 10.2 Å². The molecule has 6 heteroatoms. The van der Waals surface area contributed by atoms with Crippen LogP contribution in [0.1, 0.15) is 44.1 Å². The first kappa shape index (κ1) is 20.0. The van der Waals surface area contributed by atoms with Gasteiger partial charge in [0, 0.05) is 30.4 Å². The molecule has 0 amide bonds. The van der Waals surface area contributed by atoms with E-state index in [0.717, 1.165) is 28.2 Å². The van der Waals surface area contributed by atoms with E-state index in [1.807, 2.05) is 30.6 Å². The quantitative estimate of drug-likeness (QED) is 0.641. The molecule has 6 nitrogen and oxygen atoms in total. The van der Waals surface area contributed by atoms with E-state index in [1.54, 1.807) is 0 Å². The van der Waals surface area contributed by atoms with Gasteiger partial charge in [0.05, 0.1) is 18.0 Å². The summed E-state index contributed by atoms with van der Waals surface area (Å²) in [6.07, 6.45) is 12.0. The molecule has 1 aliphatic heterocycles. The largest absolute Gasteiger partial charge is 0.351 e. The maximum atomic E-state index is 9.09. The molecule has 0 unspecified atom stereocenters. The minimum absolute atomic E-state index is 0.415. The SMILES string of the molecule is N#CCc1cccc2c1ccn2-c1ccnc(NC2CCC(CN3CCCC3)CC2)n1. The number of nitriles is 1. The summed E-state index contributed by atoms with van der Waals surface area (Å²) in [7, 11) is 0. The normalized spacial score (nSPS) is 21.9. The third-order valence-corrected chi connectivity index (χ3v) is 6.88. The fourth-order valence-electron chi connectivity index (χ4n) is 5.23. The molecule has 1 N–H and O–H groups in total. The first-order valence-corrected chi connectivity index (χ1v) is 11.6. The van der Waals surface area contributed by atoms with Crippen LogP contribution in [-0.4, -0.2) is 45.1 Å². The Balaban J connectivity index is 1.26. The number of fused-ring (bicyclic) bond motifs is 1. The lowest BCUT2D eigenvalue weighted by Gasteiger charge is -2.31. The highest BCUT2D eigenvalue weighted by molar-refractivity contribution is 5.85. The standard InChI is InChI=1S/C25H30N6/c26-13-10-20-4-3-5-23-22(20)12-17-31(23)24-11-14-27-25(29-24)28-21-8-6-19(7-9-21)18-30-15-1-2-16-30/h3-5,11-12,14,17,19,21H,1-2,6-10,15-16,18H2,(H,27,28,29). The lowest BCUT2D eigenvalue weighted by atomic mass is 9.86. The van der Waals surface area contributed by atoms with E-state index >= 15 is 0 Å². The minimum Gasteiger partial charge on any atom is -0.351 e. The molecule has 1 aromatic carbocycles. The third kappa shape index (κ3) is 4.42. The van der Waals surface area contributed by atoms with E-state index in [9.17, 15) is 0 Å². The first-order chi connectivity index (χ1) is 15.3. The highest BCUT2D eigenvalue weighted by Gasteiger charge is 2.24. The van der Waals surface area contributed by atoms with Gasteiger partial charge in [0.15, 0.2) is 0 Å². The predicted octanol–water partition coefficient (Wildman–Crippen LogP) is 4.55. The average Bonchev–Trinajstić information content (AvgIpc) is 3.46. The van der Waals surface area contributed by atoms with E-state index in [1.165, 1.54) is 58.2 Å². The van der Waals surface area contributed by atoms with Gasteiger partial charge in [-0.3, -0.25) is 0 Å². The first-order valence-electron chi connectivity index (χ1n) is 11.6. The number of nitrogens with one attached hydrogen (secondary N) is 1. The monoisotopic (exact) mass is 414 g/mol. The number of likely N-dealkylation sites (tertiary alicyclic amines) is 1. The molecule has 3 aromatic rings. The van der Waals surface area contributed by atoms with Gasteiger partial charge in [-0.1, -0.05) is 12.1 Å². The second kappa shape index (κ2) is 9.07. The van der Waals surface area contributed by atoms with E-state index in [2.05, 4.69) is 38.0 Å². The molecule has 0 atom stereocenters. The van der Waals surface area contributed by atoms with E-state index in [4.69, 9.17) is 10.2 Å². The van der Waals surface area contributed by atoms with E-state index < -0.39 is 0 Å². The molecule has 2 fully saturated rings. The summed E-state index contributed by atoms with van der Waals surface area (Å²) < 4.78 is 2.08. The Morgan fingerprint density at radius 2 is 1.90 bits per heavy atom. The summed E-state index contributed by atoms with van der Waals surface area (Å²) in [6.45, 7) is 3.88. The molecular formula is C25H30N6. The molecule has 31 heavy (non-hydrogen) atoms. The van der Waals surface area contributed by atoms with Crippen LogP contribution in [0.25, 0.3) is 16.7 Å². The van der Waals surface area contributed by atoms with Crippen molar-refractivity contribution in [3.63, 3.8) is 0 Å². The summed E-state index contributed by atoms with van der Waals surface area (Å²) in [5.41, 5.74) is 2.12. The van der Waals surface area contributed by atoms with E-state index in [-0.39, 0.29) is 0 Å². The van der Waals surface area contributed by atoms with E-state index in [0.29, 0.717) is 18.4 Å². The highest BCUT2D eigenvalue weighted by Crippen LogP contribution is 2.28. The Labute approximate surface area is 183 Å². The van der Waals surface area contributed by atoms with Gasteiger partial charge < -0.3 is 14.8 Å². The lowest BCUT2D eigenvalue weighted by Crippen LogP contribution is -2.33. The maximum absolute atomic E-state index is 9.09. The number of hydrogen-bond donors (Lipinski definition) is 1. The van der Waals surface area contributed by atoms with Gasteiger partial charge >= 0.3 is 0 Å². The summed E-state index contributed by atoms with van der Waals surface area (Å²) in [5, 5.41) is 13.8. The van der Waals surface area contributed by atoms with Crippen molar-refractivity contribution in [1.29, 1.82) is 5.26 Å². The van der Waals surface area contributed by atoms with Crippen LogP contribution in [0.15, 0.2) is 42.7 Å². The van der Waals surface area contributed by atoms with Crippen molar-refractivity contribution in [3.8, 4) is 11.9 Å². The zero-order chi connectivity index (χ0) is 21.0. The van der Waals surface area contributed by atoms with Crippen molar-refractivity contribution in [3.05, 3.63) is 48.3 Å². The van der Waals surface area contributed by atoms with Crippen molar-refractivity contribution < 1.29 is 0 Å². The number of aromatic nitrogens is 3. The highest BCUT2D eigenvalue weighted by atomic mass is 15.2. The number of anilines is 1. The maximum Gasteiger partial charge on any atom is 0.224 e. The van der Waals surface area contributed by atoms with Crippen molar-refractivity contribution in [2.45, 2.75) is 51.0 Å². The fraction of sp³-hybridized carbons (Fsp3) is 0.480. The van der Waals surface area contributed by atoms with Crippen LogP contribution in [0.5, 0.6) is 0 Å². The number of hydrogen-bond acceptors (Lipinski definition) is 5. The molecule has 5 rings (SSSR count). The van der Waals surface area contributed by atoms with Crippen LogP contribution in [0.2, 0.25) is 0 Å². The van der Waals surface area contributed by atoms with Crippen molar-refractivity contribution in [1.82, 2.24) is 19.4 Å². The Bertz CT molecular complexity index is 1070. The summed E-state index contributed by atoms with van der Waals surface area (Å²) in [6, 6.07) is 12.8. The molecule has 1 saturated heterocycles. The van der Waals surface area contributed by atoms with Gasteiger partial charge in [0.25, 0.3) is 0 Å². The van der Waals surface area contributed by atoms with Crippen LogP contribution in [0.4, 0.5) is 5.95 Å². The van der Waals surface area contributed by atoms with Crippen molar-refractivity contribution >= 4 is 16.9 Å². The lowest BCUT2D eigenvalue weighted by molar-refractivity contribution is 0.228.